The number of hydrogen-bond donors (Lipinski definition) is 4. The molecule has 0 heterocycles. The first-order chi connectivity index (χ1) is 23.4. The van der Waals surface area contributed by atoms with Crippen molar-refractivity contribution in [3.8, 4) is 0 Å². The number of aliphatic hydroxyl groups excluding tert-OH is 1. The van der Waals surface area contributed by atoms with Crippen LogP contribution >= 0.6 is 7.82 Å². The Balaban J connectivity index is 4.42. The molecule has 0 saturated heterocycles. The van der Waals surface area contributed by atoms with Gasteiger partial charge in [0, 0.05) is 13.0 Å². The van der Waals surface area contributed by atoms with Crippen LogP contribution in [0.15, 0.2) is 60.8 Å². The van der Waals surface area contributed by atoms with Gasteiger partial charge in [0.2, 0.25) is 5.91 Å². The minimum atomic E-state index is -4.35. The van der Waals surface area contributed by atoms with Crippen LogP contribution in [-0.2, 0) is 18.4 Å². The van der Waals surface area contributed by atoms with Crippen molar-refractivity contribution in [2.75, 3.05) is 19.8 Å². The molecule has 1 amide bonds. The zero-order valence-electron chi connectivity index (χ0n) is 30.5. The monoisotopic (exact) mass is 695 g/mol. The first-order valence-electron chi connectivity index (χ1n) is 18.9. The zero-order valence-corrected chi connectivity index (χ0v) is 31.3. The number of nitrogens with one attached hydrogen (secondary N) is 1. The lowest BCUT2D eigenvalue weighted by Gasteiger charge is -2.23. The number of allylic oxidation sites excluding steroid dienone is 9. The van der Waals surface area contributed by atoms with Gasteiger partial charge in [-0.3, -0.25) is 13.8 Å². The molecule has 0 aromatic rings. The maximum Gasteiger partial charge on any atom is 0.472 e. The summed E-state index contributed by atoms with van der Waals surface area (Å²) in [6.45, 7) is 3.96. The summed E-state index contributed by atoms with van der Waals surface area (Å²) in [6.07, 6.45) is 42.6. The van der Waals surface area contributed by atoms with E-state index < -0.39 is 20.0 Å². The van der Waals surface area contributed by atoms with Crippen molar-refractivity contribution < 1.29 is 28.4 Å². The summed E-state index contributed by atoms with van der Waals surface area (Å²) in [7, 11) is -4.35. The molecule has 0 aromatic carbocycles. The van der Waals surface area contributed by atoms with Crippen molar-refractivity contribution >= 4 is 13.7 Å². The normalized spacial score (nSPS) is 15.0. The summed E-state index contributed by atoms with van der Waals surface area (Å²) in [5.74, 6) is -0.238. The van der Waals surface area contributed by atoms with Crippen LogP contribution in [0.3, 0.4) is 0 Å². The Bertz CT molecular complexity index is 933. The van der Waals surface area contributed by atoms with E-state index in [1.807, 2.05) is 6.08 Å². The van der Waals surface area contributed by atoms with Crippen LogP contribution in [0.4, 0.5) is 0 Å². The summed E-state index contributed by atoms with van der Waals surface area (Å²) in [5, 5.41) is 13.6. The predicted octanol–water partition coefficient (Wildman–Crippen LogP) is 9.94. The van der Waals surface area contributed by atoms with E-state index in [1.54, 1.807) is 6.08 Å². The number of hydrogen-bond acceptors (Lipinski definition) is 6. The number of unbranched alkanes of at least 4 members (excludes halogenated alkanes) is 14. The molecule has 0 radical (unpaired) electrons. The van der Waals surface area contributed by atoms with E-state index in [0.717, 1.165) is 57.8 Å². The van der Waals surface area contributed by atoms with E-state index in [0.29, 0.717) is 12.8 Å². The molecule has 0 aliphatic rings. The first-order valence-corrected chi connectivity index (χ1v) is 20.4. The lowest BCUT2D eigenvalue weighted by molar-refractivity contribution is -0.123. The number of carbonyl (C=O) groups is 1. The minimum Gasteiger partial charge on any atom is -0.387 e. The van der Waals surface area contributed by atoms with Crippen LogP contribution in [0.5, 0.6) is 0 Å². The Morgan fingerprint density at radius 3 is 1.77 bits per heavy atom. The van der Waals surface area contributed by atoms with Gasteiger partial charge in [0.1, 0.15) is 0 Å². The topological polar surface area (TPSA) is 131 Å². The van der Waals surface area contributed by atoms with Gasteiger partial charge in [0.25, 0.3) is 0 Å². The van der Waals surface area contributed by atoms with Crippen molar-refractivity contribution in [2.45, 2.75) is 161 Å². The van der Waals surface area contributed by atoms with Gasteiger partial charge in [-0.05, 0) is 57.8 Å². The van der Waals surface area contributed by atoms with Gasteiger partial charge in [-0.15, -0.1) is 0 Å². The average Bonchev–Trinajstić information content (AvgIpc) is 3.07. The highest BCUT2D eigenvalue weighted by atomic mass is 31.2. The molecule has 9 heteroatoms. The molecule has 3 unspecified atom stereocenters. The molecule has 0 saturated carbocycles. The fourth-order valence-corrected chi connectivity index (χ4v) is 5.76. The molecule has 0 aromatic heterocycles. The molecule has 0 spiro atoms. The van der Waals surface area contributed by atoms with Gasteiger partial charge in [-0.2, -0.15) is 0 Å². The third kappa shape index (κ3) is 32.7. The second-order valence-electron chi connectivity index (χ2n) is 12.4. The van der Waals surface area contributed by atoms with E-state index in [9.17, 15) is 19.4 Å². The van der Waals surface area contributed by atoms with E-state index in [1.165, 1.54) is 64.2 Å². The summed E-state index contributed by atoms with van der Waals surface area (Å²) in [4.78, 5) is 22.6. The average molecular weight is 695 g/mol. The van der Waals surface area contributed by atoms with Crippen molar-refractivity contribution in [3.63, 3.8) is 0 Å². The summed E-state index contributed by atoms with van der Waals surface area (Å²) >= 11 is 0. The van der Waals surface area contributed by atoms with Crippen LogP contribution in [0.2, 0.25) is 0 Å². The molecule has 5 N–H and O–H groups in total. The Morgan fingerprint density at radius 2 is 1.21 bits per heavy atom. The lowest BCUT2D eigenvalue weighted by atomic mass is 10.0. The highest BCUT2D eigenvalue weighted by molar-refractivity contribution is 7.47. The predicted molar refractivity (Wildman–Crippen MR) is 203 cm³/mol. The Labute approximate surface area is 294 Å². The number of phosphoric ester groups is 1. The van der Waals surface area contributed by atoms with Crippen molar-refractivity contribution in [1.29, 1.82) is 0 Å². The van der Waals surface area contributed by atoms with Crippen molar-refractivity contribution in [2.24, 2.45) is 5.73 Å². The van der Waals surface area contributed by atoms with Gasteiger partial charge in [-0.25, -0.2) is 4.57 Å². The number of aliphatic hydroxyl groups is 1. The van der Waals surface area contributed by atoms with Crippen molar-refractivity contribution in [3.05, 3.63) is 60.8 Å². The van der Waals surface area contributed by atoms with Crippen LogP contribution in [-0.4, -0.2) is 47.8 Å². The SMILES string of the molecule is CC/C=C\C/C=C\C/C=C\C/C=C\CCCCC(=O)NC(COP(=O)(O)OCCN)C(O)/C=C/CCCCCCCCCCCCCC. The molecule has 0 bridgehead atoms. The van der Waals surface area contributed by atoms with E-state index in [-0.39, 0.29) is 25.7 Å². The van der Waals surface area contributed by atoms with E-state index in [4.69, 9.17) is 14.8 Å². The van der Waals surface area contributed by atoms with E-state index in [2.05, 4.69) is 67.8 Å². The molecule has 0 rings (SSSR count). The second kappa shape index (κ2) is 35.0. The quantitative estimate of drug-likeness (QED) is 0.0300. The zero-order chi connectivity index (χ0) is 35.4. The number of carbonyl (C=O) groups excluding carboxylic acids is 1. The second-order valence-corrected chi connectivity index (χ2v) is 13.9. The Hall–Kier alpha value is -1.80. The Kier molecular flexibility index (Phi) is 33.7. The van der Waals surface area contributed by atoms with Crippen molar-refractivity contribution in [1.82, 2.24) is 5.32 Å². The molecular formula is C39H71N2O6P. The molecule has 8 nitrogen and oxygen atoms in total. The maximum absolute atomic E-state index is 12.7. The first kappa shape index (κ1) is 46.2. The van der Waals surface area contributed by atoms with Crippen LogP contribution < -0.4 is 11.1 Å². The lowest BCUT2D eigenvalue weighted by Crippen LogP contribution is -2.45. The number of rotatable bonds is 34. The largest absolute Gasteiger partial charge is 0.472 e. The van der Waals surface area contributed by atoms with Gasteiger partial charge in [0.15, 0.2) is 0 Å². The number of amides is 1. The highest BCUT2D eigenvalue weighted by Gasteiger charge is 2.26. The fourth-order valence-electron chi connectivity index (χ4n) is 5.00. The molecule has 278 valence electrons. The molecule has 0 fully saturated rings. The third-order valence-corrected chi connectivity index (χ3v) is 8.83. The maximum atomic E-state index is 12.7. The van der Waals surface area contributed by atoms with E-state index >= 15 is 0 Å². The third-order valence-electron chi connectivity index (χ3n) is 7.85. The van der Waals surface area contributed by atoms with Crippen LogP contribution in [0, 0.1) is 0 Å². The molecule has 3 atom stereocenters. The summed E-state index contributed by atoms with van der Waals surface area (Å²) in [5.41, 5.74) is 5.35. The molecule has 0 aliphatic carbocycles. The molecular weight excluding hydrogens is 623 g/mol. The standard InChI is InChI=1S/C39H71N2O6P/c1-3-5-7-9-11-13-15-17-19-21-23-25-27-29-31-33-39(43)41-37(36-47-48(44,45)46-35-34-40)38(42)32-30-28-26-24-22-20-18-16-14-12-10-8-6-4-2/h5,7,11,13,17,19,23,25,30,32,37-38,42H,3-4,6,8-10,12,14-16,18,20-22,24,26-29,31,33-36,40H2,1-2H3,(H,41,43)(H,44,45)/b7-5-,13-11-,19-17-,25-23-,32-30+. The number of phosphoric acid groups is 1. The minimum absolute atomic E-state index is 0.0689. The van der Waals surface area contributed by atoms with Gasteiger partial charge >= 0.3 is 7.82 Å². The smallest absolute Gasteiger partial charge is 0.387 e. The number of nitrogens with two attached hydrogens (primary N) is 1. The fraction of sp³-hybridized carbons (Fsp3) is 0.718. The van der Waals surface area contributed by atoms with Gasteiger partial charge in [-0.1, -0.05) is 145 Å². The van der Waals surface area contributed by atoms with Crippen LogP contribution in [0.25, 0.3) is 0 Å². The summed E-state index contributed by atoms with van der Waals surface area (Å²) in [6, 6.07) is -0.882. The summed E-state index contributed by atoms with van der Waals surface area (Å²) < 4.78 is 22.0. The molecule has 0 aliphatic heterocycles. The van der Waals surface area contributed by atoms with Gasteiger partial charge < -0.3 is 21.1 Å². The highest BCUT2D eigenvalue weighted by Crippen LogP contribution is 2.43. The van der Waals surface area contributed by atoms with Gasteiger partial charge in [0.05, 0.1) is 25.4 Å². The molecule has 48 heavy (non-hydrogen) atoms. The Morgan fingerprint density at radius 1 is 0.708 bits per heavy atom. The van der Waals surface area contributed by atoms with Crippen LogP contribution in [0.1, 0.15) is 149 Å².